The van der Waals surface area contributed by atoms with Gasteiger partial charge in [-0.1, -0.05) is 35.9 Å². The van der Waals surface area contributed by atoms with E-state index < -0.39 is 17.6 Å². The van der Waals surface area contributed by atoms with Crippen molar-refractivity contribution in [1.29, 1.82) is 0 Å². The molecule has 1 aliphatic heterocycles. The molecule has 30 heavy (non-hydrogen) atoms. The van der Waals surface area contributed by atoms with E-state index >= 15 is 0 Å². The molecule has 1 aliphatic rings. The summed E-state index contributed by atoms with van der Waals surface area (Å²) in [7, 11) is 0. The van der Waals surface area contributed by atoms with Crippen LogP contribution < -0.4 is 9.67 Å². The van der Waals surface area contributed by atoms with Crippen molar-refractivity contribution in [2.45, 2.75) is 39.0 Å². The van der Waals surface area contributed by atoms with Crippen LogP contribution in [-0.4, -0.2) is 10.5 Å². The normalized spacial score (nSPS) is 13.8. The average molecular weight is 436 g/mol. The molecule has 0 radical (unpaired) electrons. The SMILES string of the molecule is Cc1ccc(-c2c[n+](CC([O-])=Nc3cccc(C(F)(F)F)c3)c3n2CCC3)cc1.Cl. The largest absolute Gasteiger partial charge is 0.859 e. The number of benzene rings is 2. The van der Waals surface area contributed by atoms with Gasteiger partial charge in [0.2, 0.25) is 0 Å². The van der Waals surface area contributed by atoms with Crippen molar-refractivity contribution in [2.75, 3.05) is 0 Å². The highest BCUT2D eigenvalue weighted by Crippen LogP contribution is 2.31. The molecule has 4 nitrogen and oxygen atoms in total. The molecule has 3 aromatic rings. The molecule has 0 spiro atoms. The van der Waals surface area contributed by atoms with Crippen molar-refractivity contribution < 1.29 is 22.8 Å². The molecule has 0 unspecified atom stereocenters. The van der Waals surface area contributed by atoms with Crippen LogP contribution in [0.2, 0.25) is 0 Å². The lowest BCUT2D eigenvalue weighted by Gasteiger charge is -2.10. The Kier molecular flexibility index (Phi) is 6.22. The lowest BCUT2D eigenvalue weighted by molar-refractivity contribution is -0.693. The molecule has 158 valence electrons. The second-order valence-electron chi connectivity index (χ2n) is 7.23. The van der Waals surface area contributed by atoms with E-state index in [0.717, 1.165) is 48.6 Å². The van der Waals surface area contributed by atoms with E-state index in [1.165, 1.54) is 17.7 Å². The minimum atomic E-state index is -4.46. The number of halogens is 4. The first kappa shape index (κ1) is 21.9. The van der Waals surface area contributed by atoms with Gasteiger partial charge >= 0.3 is 6.18 Å². The molecular formula is C22H21ClF3N3O. The van der Waals surface area contributed by atoms with Gasteiger partial charge in [-0.05, 0) is 31.5 Å². The molecule has 8 heteroatoms. The number of nitrogens with zero attached hydrogens (tertiary/aromatic N) is 3. The number of hydrogen-bond donors (Lipinski definition) is 0. The number of aryl methyl sites for hydroxylation is 1. The zero-order chi connectivity index (χ0) is 20.6. The lowest BCUT2D eigenvalue weighted by atomic mass is 10.1. The fourth-order valence-corrected chi connectivity index (χ4v) is 3.68. The minimum Gasteiger partial charge on any atom is -0.859 e. The van der Waals surface area contributed by atoms with Crippen molar-refractivity contribution in [3.63, 3.8) is 0 Å². The molecule has 4 rings (SSSR count). The van der Waals surface area contributed by atoms with Crippen LogP contribution >= 0.6 is 12.4 Å². The third-order valence-electron chi connectivity index (χ3n) is 5.07. The molecule has 0 aliphatic carbocycles. The Hall–Kier alpha value is -2.80. The van der Waals surface area contributed by atoms with E-state index in [1.54, 1.807) is 0 Å². The summed E-state index contributed by atoms with van der Waals surface area (Å²) in [5, 5.41) is 12.5. The van der Waals surface area contributed by atoms with Crippen LogP contribution in [0.3, 0.4) is 0 Å². The lowest BCUT2D eigenvalue weighted by Crippen LogP contribution is -2.43. The van der Waals surface area contributed by atoms with E-state index in [9.17, 15) is 18.3 Å². The van der Waals surface area contributed by atoms with Gasteiger partial charge in [-0.2, -0.15) is 13.2 Å². The Balaban J connectivity index is 0.00000256. The number of aromatic nitrogens is 2. The number of alkyl halides is 3. The molecule has 0 atom stereocenters. The summed E-state index contributed by atoms with van der Waals surface area (Å²) in [6.07, 6.45) is -0.690. The smallest absolute Gasteiger partial charge is 0.416 e. The first-order valence-corrected chi connectivity index (χ1v) is 9.42. The molecular weight excluding hydrogens is 415 g/mol. The highest BCUT2D eigenvalue weighted by molar-refractivity contribution is 5.85. The highest BCUT2D eigenvalue weighted by atomic mass is 35.5. The zero-order valence-electron chi connectivity index (χ0n) is 16.3. The maximum absolute atomic E-state index is 12.9. The van der Waals surface area contributed by atoms with Crippen LogP contribution in [0.1, 0.15) is 23.4 Å². The van der Waals surface area contributed by atoms with Gasteiger partial charge in [0.05, 0.1) is 24.2 Å². The summed E-state index contributed by atoms with van der Waals surface area (Å²) in [6, 6.07) is 12.7. The standard InChI is InChI=1S/C22H20F3N3O.ClH/c1-15-7-9-16(10-8-15)19-13-27(21-6-3-11-28(19)21)14-20(29)26-18-5-2-4-17(12-18)22(23,24)25;/h2,4-5,7-10,12-13H,3,6,11,14H2,1H3;1H. The molecule has 2 aromatic carbocycles. The topological polar surface area (TPSA) is 44.2 Å². The van der Waals surface area contributed by atoms with Gasteiger partial charge in [-0.15, -0.1) is 12.4 Å². The zero-order valence-corrected chi connectivity index (χ0v) is 17.1. The molecule has 0 bridgehead atoms. The van der Waals surface area contributed by atoms with Crippen molar-refractivity contribution in [1.82, 2.24) is 4.57 Å². The summed E-state index contributed by atoms with van der Waals surface area (Å²) >= 11 is 0. The maximum atomic E-state index is 12.9. The fourth-order valence-electron chi connectivity index (χ4n) is 3.68. The molecule has 0 saturated carbocycles. The monoisotopic (exact) mass is 435 g/mol. The summed E-state index contributed by atoms with van der Waals surface area (Å²) in [5.41, 5.74) is 2.47. The van der Waals surface area contributed by atoms with Gasteiger partial charge in [0.1, 0.15) is 12.7 Å². The molecule has 0 fully saturated rings. The molecule has 0 N–H and O–H groups in total. The Morgan fingerprint density at radius 3 is 2.60 bits per heavy atom. The van der Waals surface area contributed by atoms with Crippen molar-refractivity contribution in [3.8, 4) is 11.3 Å². The third kappa shape index (κ3) is 4.51. The van der Waals surface area contributed by atoms with Crippen LogP contribution in [0.4, 0.5) is 18.9 Å². The molecule has 0 saturated heterocycles. The van der Waals surface area contributed by atoms with Gasteiger partial charge in [-0.25, -0.2) is 9.13 Å². The van der Waals surface area contributed by atoms with E-state index in [1.807, 2.05) is 29.8 Å². The van der Waals surface area contributed by atoms with E-state index in [4.69, 9.17) is 0 Å². The Bertz CT molecular complexity index is 1070. The van der Waals surface area contributed by atoms with E-state index in [0.29, 0.717) is 0 Å². The van der Waals surface area contributed by atoms with Crippen LogP contribution in [0.5, 0.6) is 0 Å². The van der Waals surface area contributed by atoms with Gasteiger partial charge < -0.3 is 5.11 Å². The Morgan fingerprint density at radius 1 is 1.17 bits per heavy atom. The minimum absolute atomic E-state index is 0. The molecule has 0 amide bonds. The van der Waals surface area contributed by atoms with Crippen molar-refractivity contribution >= 4 is 24.0 Å². The van der Waals surface area contributed by atoms with Gasteiger partial charge in [0.25, 0.3) is 5.82 Å². The van der Waals surface area contributed by atoms with Crippen LogP contribution in [0, 0.1) is 6.92 Å². The summed E-state index contributed by atoms with van der Waals surface area (Å²) in [6.45, 7) is 2.91. The Labute approximate surface area is 178 Å². The van der Waals surface area contributed by atoms with Crippen molar-refractivity contribution in [3.05, 3.63) is 71.7 Å². The van der Waals surface area contributed by atoms with E-state index in [2.05, 4.69) is 21.7 Å². The number of aliphatic imine (C=N–C) groups is 1. The maximum Gasteiger partial charge on any atom is 0.416 e. The summed E-state index contributed by atoms with van der Waals surface area (Å²) < 4.78 is 42.6. The van der Waals surface area contributed by atoms with E-state index in [-0.39, 0.29) is 24.6 Å². The van der Waals surface area contributed by atoms with Crippen LogP contribution in [0.15, 0.2) is 59.7 Å². The molecule has 2 heterocycles. The predicted molar refractivity (Wildman–Crippen MR) is 109 cm³/mol. The third-order valence-corrected chi connectivity index (χ3v) is 5.07. The van der Waals surface area contributed by atoms with Gasteiger partial charge in [0.15, 0.2) is 5.69 Å². The fraction of sp³-hybridized carbons (Fsp3) is 0.273. The number of imidazole rings is 1. The van der Waals surface area contributed by atoms with Crippen LogP contribution in [0.25, 0.3) is 11.3 Å². The van der Waals surface area contributed by atoms with Crippen LogP contribution in [-0.2, 0) is 25.7 Å². The highest BCUT2D eigenvalue weighted by Gasteiger charge is 2.30. The summed E-state index contributed by atoms with van der Waals surface area (Å²) in [5.74, 6) is 0.554. The number of fused-ring (bicyclic) bond motifs is 1. The number of rotatable bonds is 4. The van der Waals surface area contributed by atoms with Gasteiger partial charge in [-0.3, -0.25) is 4.99 Å². The first-order chi connectivity index (χ1) is 13.8. The summed E-state index contributed by atoms with van der Waals surface area (Å²) in [4.78, 5) is 3.88. The first-order valence-electron chi connectivity index (χ1n) is 9.42. The van der Waals surface area contributed by atoms with Gasteiger partial charge in [0, 0.05) is 11.5 Å². The Morgan fingerprint density at radius 2 is 1.90 bits per heavy atom. The second kappa shape index (κ2) is 8.52. The average Bonchev–Trinajstić information content (AvgIpc) is 3.26. The predicted octanol–water partition coefficient (Wildman–Crippen LogP) is 4.23. The molecule has 1 aromatic heterocycles. The number of hydrogen-bond acceptors (Lipinski definition) is 2. The van der Waals surface area contributed by atoms with Crippen molar-refractivity contribution in [2.24, 2.45) is 4.99 Å². The second-order valence-corrected chi connectivity index (χ2v) is 7.23. The quantitative estimate of drug-likeness (QED) is 0.343.